The molecule has 2 heterocycles. The quantitative estimate of drug-likeness (QED) is 0.521. The van der Waals surface area contributed by atoms with E-state index in [9.17, 15) is 8.42 Å². The monoisotopic (exact) mass is 436 g/mol. The summed E-state index contributed by atoms with van der Waals surface area (Å²) in [6.07, 6.45) is 3.51. The van der Waals surface area contributed by atoms with Crippen molar-refractivity contribution in [3.05, 3.63) is 53.3 Å². The molecular formula is C18H21ClN6O3S. The lowest BCUT2D eigenvalue weighted by molar-refractivity contribution is 0.402. The van der Waals surface area contributed by atoms with Crippen LogP contribution < -0.4 is 14.8 Å². The third kappa shape index (κ3) is 5.03. The third-order valence-corrected chi connectivity index (χ3v) is 5.75. The Bertz CT molecular complexity index is 1120. The highest BCUT2D eigenvalue weighted by atomic mass is 35.5. The minimum atomic E-state index is -3.78. The summed E-state index contributed by atoms with van der Waals surface area (Å²) in [5.41, 5.74) is 0. The number of aromatic nitrogens is 4. The molecule has 0 bridgehead atoms. The second-order valence-electron chi connectivity index (χ2n) is 6.12. The molecule has 0 amide bonds. The highest BCUT2D eigenvalue weighted by Gasteiger charge is 2.19. The zero-order valence-electron chi connectivity index (χ0n) is 16.2. The SMILES string of the molecule is COc1ccc(Cl)cc1S(=O)(=O)NCCNc1cc(-n2ccnc2C)nc(C)n1. The average molecular weight is 437 g/mol. The number of anilines is 1. The molecule has 29 heavy (non-hydrogen) atoms. The van der Waals surface area contributed by atoms with Crippen molar-refractivity contribution in [2.45, 2.75) is 18.7 Å². The van der Waals surface area contributed by atoms with Crippen molar-refractivity contribution < 1.29 is 13.2 Å². The largest absolute Gasteiger partial charge is 0.495 e. The molecule has 0 fully saturated rings. The number of methoxy groups -OCH3 is 1. The van der Waals surface area contributed by atoms with E-state index in [1.807, 2.05) is 17.7 Å². The van der Waals surface area contributed by atoms with Crippen LogP contribution in [0.25, 0.3) is 5.82 Å². The summed E-state index contributed by atoms with van der Waals surface area (Å²) in [7, 11) is -2.38. The minimum Gasteiger partial charge on any atom is -0.495 e. The molecule has 9 nitrogen and oxygen atoms in total. The van der Waals surface area contributed by atoms with Crippen LogP contribution in [0.3, 0.4) is 0 Å². The van der Waals surface area contributed by atoms with Gasteiger partial charge in [-0.25, -0.2) is 28.1 Å². The van der Waals surface area contributed by atoms with Gasteiger partial charge in [0.15, 0.2) is 0 Å². The molecule has 1 aromatic carbocycles. The molecule has 0 aliphatic carbocycles. The summed E-state index contributed by atoms with van der Waals surface area (Å²) in [6.45, 7) is 4.12. The number of hydrogen-bond acceptors (Lipinski definition) is 7. The fraction of sp³-hybridized carbons (Fsp3) is 0.278. The molecule has 3 rings (SSSR count). The summed E-state index contributed by atoms with van der Waals surface area (Å²) >= 11 is 5.92. The normalized spacial score (nSPS) is 11.4. The van der Waals surface area contributed by atoms with Crippen molar-refractivity contribution >= 4 is 27.4 Å². The number of imidazole rings is 1. The van der Waals surface area contributed by atoms with Gasteiger partial charge >= 0.3 is 0 Å². The maximum atomic E-state index is 12.6. The molecule has 0 atom stereocenters. The van der Waals surface area contributed by atoms with Gasteiger partial charge in [0.2, 0.25) is 10.0 Å². The lowest BCUT2D eigenvalue weighted by Gasteiger charge is -2.12. The zero-order valence-corrected chi connectivity index (χ0v) is 17.8. The van der Waals surface area contributed by atoms with Crippen LogP contribution in [0.15, 0.2) is 41.6 Å². The van der Waals surface area contributed by atoms with E-state index in [1.165, 1.54) is 19.2 Å². The molecule has 3 aromatic rings. The van der Waals surface area contributed by atoms with Gasteiger partial charge in [-0.3, -0.25) is 4.57 Å². The predicted molar refractivity (Wildman–Crippen MR) is 110 cm³/mol. The molecule has 0 saturated heterocycles. The molecule has 2 aromatic heterocycles. The summed E-state index contributed by atoms with van der Waals surface area (Å²) in [5.74, 6) is 2.88. The van der Waals surface area contributed by atoms with Gasteiger partial charge in [-0.15, -0.1) is 0 Å². The number of nitrogens with one attached hydrogen (secondary N) is 2. The van der Waals surface area contributed by atoms with Gasteiger partial charge < -0.3 is 10.1 Å². The van der Waals surface area contributed by atoms with Crippen LogP contribution in [0.1, 0.15) is 11.6 Å². The topological polar surface area (TPSA) is 111 Å². The highest BCUT2D eigenvalue weighted by Crippen LogP contribution is 2.26. The first-order valence-electron chi connectivity index (χ1n) is 8.73. The van der Waals surface area contributed by atoms with E-state index in [1.54, 1.807) is 25.3 Å². The van der Waals surface area contributed by atoms with E-state index in [0.29, 0.717) is 29.0 Å². The summed E-state index contributed by atoms with van der Waals surface area (Å²) in [6, 6.07) is 6.20. The molecule has 2 N–H and O–H groups in total. The first kappa shape index (κ1) is 21.0. The Morgan fingerprint density at radius 2 is 1.97 bits per heavy atom. The summed E-state index contributed by atoms with van der Waals surface area (Å²) < 4.78 is 34.6. The Morgan fingerprint density at radius 1 is 1.17 bits per heavy atom. The second-order valence-corrected chi connectivity index (χ2v) is 8.29. The maximum absolute atomic E-state index is 12.6. The number of sulfonamides is 1. The number of rotatable bonds is 8. The van der Waals surface area contributed by atoms with E-state index < -0.39 is 10.0 Å². The van der Waals surface area contributed by atoms with E-state index in [0.717, 1.165) is 5.82 Å². The van der Waals surface area contributed by atoms with E-state index in [2.05, 4.69) is 25.0 Å². The van der Waals surface area contributed by atoms with Crippen molar-refractivity contribution in [1.82, 2.24) is 24.2 Å². The maximum Gasteiger partial charge on any atom is 0.244 e. The highest BCUT2D eigenvalue weighted by molar-refractivity contribution is 7.89. The fourth-order valence-corrected chi connectivity index (χ4v) is 4.16. The summed E-state index contributed by atoms with van der Waals surface area (Å²) in [5, 5.41) is 3.41. The zero-order chi connectivity index (χ0) is 21.0. The third-order valence-electron chi connectivity index (χ3n) is 4.04. The number of benzene rings is 1. The molecular weight excluding hydrogens is 416 g/mol. The van der Waals surface area contributed by atoms with Crippen molar-refractivity contribution in [2.24, 2.45) is 0 Å². The van der Waals surface area contributed by atoms with Crippen molar-refractivity contribution in [3.63, 3.8) is 0 Å². The summed E-state index contributed by atoms with van der Waals surface area (Å²) in [4.78, 5) is 12.9. The van der Waals surface area contributed by atoms with Crippen LogP contribution in [0.4, 0.5) is 5.82 Å². The van der Waals surface area contributed by atoms with Crippen LogP contribution in [0.2, 0.25) is 5.02 Å². The lowest BCUT2D eigenvalue weighted by Crippen LogP contribution is -2.29. The molecule has 0 spiro atoms. The van der Waals surface area contributed by atoms with Crippen LogP contribution in [-0.4, -0.2) is 48.1 Å². The Kier molecular flexibility index (Phi) is 6.36. The molecule has 154 valence electrons. The Balaban J connectivity index is 1.66. The van der Waals surface area contributed by atoms with Gasteiger partial charge in [0.05, 0.1) is 7.11 Å². The molecule has 0 radical (unpaired) electrons. The Hall–Kier alpha value is -2.69. The number of ether oxygens (including phenoxy) is 1. The number of aryl methyl sites for hydroxylation is 2. The number of halogens is 1. The van der Waals surface area contributed by atoms with Crippen molar-refractivity contribution in [3.8, 4) is 11.6 Å². The molecule has 0 aliphatic heterocycles. The van der Waals surface area contributed by atoms with Crippen molar-refractivity contribution in [2.75, 3.05) is 25.5 Å². The van der Waals surface area contributed by atoms with Crippen LogP contribution in [0, 0.1) is 13.8 Å². The number of nitrogens with zero attached hydrogens (tertiary/aromatic N) is 4. The number of hydrogen-bond donors (Lipinski definition) is 2. The average Bonchev–Trinajstić information content (AvgIpc) is 3.11. The van der Waals surface area contributed by atoms with Gasteiger partial charge in [-0.05, 0) is 32.0 Å². The molecule has 11 heteroatoms. The van der Waals surface area contributed by atoms with Gasteiger partial charge in [0.1, 0.15) is 33.9 Å². The predicted octanol–water partition coefficient (Wildman–Crippen LogP) is 2.33. The van der Waals surface area contributed by atoms with Crippen LogP contribution in [0.5, 0.6) is 5.75 Å². The minimum absolute atomic E-state index is 0.0109. The lowest BCUT2D eigenvalue weighted by atomic mass is 10.3. The van der Waals surface area contributed by atoms with Crippen molar-refractivity contribution in [1.29, 1.82) is 0 Å². The fourth-order valence-electron chi connectivity index (χ4n) is 2.70. The van der Waals surface area contributed by atoms with Crippen LogP contribution in [-0.2, 0) is 10.0 Å². The first-order chi connectivity index (χ1) is 13.8. The van der Waals surface area contributed by atoms with E-state index in [4.69, 9.17) is 16.3 Å². The van der Waals surface area contributed by atoms with Gasteiger partial charge in [0, 0.05) is 36.6 Å². The molecule has 0 aliphatic rings. The Morgan fingerprint density at radius 3 is 2.66 bits per heavy atom. The second kappa shape index (κ2) is 8.76. The van der Waals surface area contributed by atoms with Gasteiger partial charge in [-0.1, -0.05) is 11.6 Å². The molecule has 0 unspecified atom stereocenters. The first-order valence-corrected chi connectivity index (χ1v) is 10.6. The van der Waals surface area contributed by atoms with E-state index >= 15 is 0 Å². The van der Waals surface area contributed by atoms with Crippen LogP contribution >= 0.6 is 11.6 Å². The van der Waals surface area contributed by atoms with E-state index in [-0.39, 0.29) is 17.2 Å². The Labute approximate surface area is 174 Å². The molecule has 0 saturated carbocycles. The standard InChI is InChI=1S/C18H21ClN6O3S/c1-12-23-17(11-18(24-12)25-9-8-20-13(25)2)21-6-7-22-29(26,27)16-10-14(19)4-5-15(16)28-3/h4-5,8-11,22H,6-7H2,1-3H3,(H,21,23,24). The van der Waals surface area contributed by atoms with Gasteiger partial charge in [0.25, 0.3) is 0 Å². The van der Waals surface area contributed by atoms with Gasteiger partial charge in [-0.2, -0.15) is 0 Å². The smallest absolute Gasteiger partial charge is 0.244 e.